The Morgan fingerprint density at radius 3 is 2.50 bits per heavy atom. The number of halogens is 1. The van der Waals surface area contributed by atoms with E-state index in [1.165, 1.54) is 14.2 Å². The van der Waals surface area contributed by atoms with E-state index < -0.39 is 11.7 Å². The van der Waals surface area contributed by atoms with Gasteiger partial charge in [-0.1, -0.05) is 24.1 Å². The molecule has 0 unspecified atom stereocenters. The second-order valence-corrected chi connectivity index (χ2v) is 6.87. The monoisotopic (exact) mass is 352 g/mol. The molecule has 0 radical (unpaired) electrons. The molecule has 3 rings (SSSR count). The van der Waals surface area contributed by atoms with Crippen molar-refractivity contribution in [3.05, 3.63) is 27.8 Å². The molecule has 1 aliphatic heterocycles. The van der Waals surface area contributed by atoms with Crippen molar-refractivity contribution in [2.24, 2.45) is 5.92 Å². The molecule has 2 aliphatic rings. The van der Waals surface area contributed by atoms with E-state index in [1.807, 2.05) is 20.8 Å². The Hall–Kier alpha value is -1.72. The van der Waals surface area contributed by atoms with E-state index in [0.717, 1.165) is 11.1 Å². The number of rotatable bonds is 2. The van der Waals surface area contributed by atoms with Gasteiger partial charge in [-0.2, -0.15) is 0 Å². The van der Waals surface area contributed by atoms with Gasteiger partial charge in [-0.15, -0.1) is 0 Å². The maximum absolute atomic E-state index is 13.3. The summed E-state index contributed by atoms with van der Waals surface area (Å²) in [6.45, 7) is 5.69. The molecule has 0 aromatic heterocycles. The molecule has 1 heterocycles. The zero-order valence-electron chi connectivity index (χ0n) is 14.4. The normalized spacial score (nSPS) is 28.9. The van der Waals surface area contributed by atoms with Gasteiger partial charge >= 0.3 is 0 Å². The summed E-state index contributed by atoms with van der Waals surface area (Å²) >= 11 is 6.36. The Morgan fingerprint density at radius 1 is 1.29 bits per heavy atom. The fourth-order valence-electron chi connectivity index (χ4n) is 3.72. The Morgan fingerprint density at radius 2 is 1.92 bits per heavy atom. The molecule has 130 valence electrons. The van der Waals surface area contributed by atoms with Crippen molar-refractivity contribution in [2.45, 2.75) is 38.9 Å². The molecule has 0 saturated carbocycles. The summed E-state index contributed by atoms with van der Waals surface area (Å²) in [5, 5.41) is 11.1. The van der Waals surface area contributed by atoms with E-state index in [-0.39, 0.29) is 28.0 Å². The zero-order valence-corrected chi connectivity index (χ0v) is 15.2. The molecule has 0 saturated heterocycles. The lowest BCUT2D eigenvalue weighted by molar-refractivity contribution is -0.0454. The van der Waals surface area contributed by atoms with Crippen molar-refractivity contribution in [3.63, 3.8) is 0 Å². The molecular formula is C18H21ClO5. The van der Waals surface area contributed by atoms with E-state index in [2.05, 4.69) is 0 Å². The van der Waals surface area contributed by atoms with Crippen LogP contribution in [0.2, 0.25) is 5.02 Å². The number of benzene rings is 1. The predicted molar refractivity (Wildman–Crippen MR) is 90.4 cm³/mol. The van der Waals surface area contributed by atoms with Crippen LogP contribution < -0.4 is 14.2 Å². The Kier molecular flexibility index (Phi) is 4.04. The average molecular weight is 353 g/mol. The van der Waals surface area contributed by atoms with Crippen molar-refractivity contribution in [1.29, 1.82) is 0 Å². The summed E-state index contributed by atoms with van der Waals surface area (Å²) in [6.07, 6.45) is -0.368. The molecular weight excluding hydrogens is 332 g/mol. The van der Waals surface area contributed by atoms with Crippen molar-refractivity contribution >= 4 is 17.4 Å². The molecule has 1 aromatic carbocycles. The van der Waals surface area contributed by atoms with E-state index in [0.29, 0.717) is 17.9 Å². The van der Waals surface area contributed by atoms with Crippen LogP contribution in [0, 0.1) is 5.92 Å². The van der Waals surface area contributed by atoms with Gasteiger partial charge in [0.05, 0.1) is 14.2 Å². The lowest BCUT2D eigenvalue weighted by Crippen LogP contribution is -2.58. The molecule has 1 spiro atoms. The summed E-state index contributed by atoms with van der Waals surface area (Å²) < 4.78 is 16.7. The molecule has 0 fully saturated rings. The second-order valence-electron chi connectivity index (χ2n) is 6.49. The van der Waals surface area contributed by atoms with Gasteiger partial charge in [0.2, 0.25) is 11.4 Å². The summed E-state index contributed by atoms with van der Waals surface area (Å²) in [5.74, 6) is 0.403. The molecule has 0 bridgehead atoms. The maximum atomic E-state index is 13.3. The predicted octanol–water partition coefficient (Wildman–Crippen LogP) is 3.41. The van der Waals surface area contributed by atoms with E-state index in [9.17, 15) is 9.90 Å². The number of aliphatic hydroxyl groups is 1. The van der Waals surface area contributed by atoms with Gasteiger partial charge in [-0.05, 0) is 25.8 Å². The van der Waals surface area contributed by atoms with E-state index in [1.54, 1.807) is 6.07 Å². The quantitative estimate of drug-likeness (QED) is 0.826. The first kappa shape index (κ1) is 17.1. The van der Waals surface area contributed by atoms with Crippen LogP contribution in [0.5, 0.6) is 17.2 Å². The van der Waals surface area contributed by atoms with Crippen LogP contribution in [-0.2, 0) is 0 Å². The van der Waals surface area contributed by atoms with Gasteiger partial charge in [0.1, 0.15) is 28.2 Å². The maximum Gasteiger partial charge on any atom is 0.217 e. The summed E-state index contributed by atoms with van der Waals surface area (Å²) in [7, 11) is 2.95. The first-order valence-electron chi connectivity index (χ1n) is 7.82. The fraction of sp³-hybridized carbons (Fsp3) is 0.500. The highest BCUT2D eigenvalue weighted by molar-refractivity contribution is 6.35. The highest BCUT2D eigenvalue weighted by Crippen LogP contribution is 2.54. The molecule has 0 amide bonds. The number of allylic oxidation sites excluding steroid dienone is 1. The number of ether oxygens (including phenoxy) is 3. The number of methoxy groups -OCH3 is 2. The highest BCUT2D eigenvalue weighted by Gasteiger charge is 2.60. The van der Waals surface area contributed by atoms with Gasteiger partial charge in [0.25, 0.3) is 0 Å². The van der Waals surface area contributed by atoms with Gasteiger partial charge in [-0.25, -0.2) is 0 Å². The number of hydrogen-bond donors (Lipinski definition) is 1. The zero-order chi connectivity index (χ0) is 17.8. The standard InChI is InChI=1S/C18H21ClO5/c1-8-6-9(2)18(16(20)10(8)3)17(21)13-11(22-4)7-12(23-5)14(19)15(13)24-18/h7,9,16,20H,6H2,1-5H3/t9-,16-,18+/m1/s1. The minimum absolute atomic E-state index is 0.206. The third-order valence-electron chi connectivity index (χ3n) is 5.28. The molecule has 24 heavy (non-hydrogen) atoms. The van der Waals surface area contributed by atoms with E-state index >= 15 is 0 Å². The third-order valence-corrected chi connectivity index (χ3v) is 5.64. The largest absolute Gasteiger partial charge is 0.496 e. The molecule has 1 aliphatic carbocycles. The smallest absolute Gasteiger partial charge is 0.217 e. The van der Waals surface area contributed by atoms with Crippen LogP contribution in [-0.4, -0.2) is 36.8 Å². The number of fused-ring (bicyclic) bond motifs is 1. The number of carbonyl (C=O) groups excluding carboxylic acids is 1. The molecule has 1 N–H and O–H groups in total. The second kappa shape index (κ2) is 5.67. The van der Waals surface area contributed by atoms with Gasteiger partial charge in [-0.3, -0.25) is 4.79 Å². The SMILES string of the molecule is COc1cc(OC)c2c(c1Cl)O[C@@]1(C2=O)[C@H](C)CC(C)=C(C)[C@H]1O. The topological polar surface area (TPSA) is 65.0 Å². The molecule has 1 aromatic rings. The number of carbonyl (C=O) groups is 1. The van der Waals surface area contributed by atoms with Crippen molar-refractivity contribution in [3.8, 4) is 17.2 Å². The van der Waals surface area contributed by atoms with Crippen LogP contribution in [0.4, 0.5) is 0 Å². The molecule has 6 heteroatoms. The highest BCUT2D eigenvalue weighted by atomic mass is 35.5. The minimum atomic E-state index is -1.38. The van der Waals surface area contributed by atoms with Gasteiger partial charge in [0, 0.05) is 12.0 Å². The van der Waals surface area contributed by atoms with Crippen molar-refractivity contribution < 1.29 is 24.1 Å². The Labute approximate surface area is 146 Å². The molecule has 3 atom stereocenters. The van der Waals surface area contributed by atoms with Crippen LogP contribution >= 0.6 is 11.6 Å². The van der Waals surface area contributed by atoms with Gasteiger partial charge in [0.15, 0.2) is 5.75 Å². The minimum Gasteiger partial charge on any atom is -0.496 e. The third kappa shape index (κ3) is 2.01. The van der Waals surface area contributed by atoms with Crippen molar-refractivity contribution in [1.82, 2.24) is 0 Å². The van der Waals surface area contributed by atoms with Gasteiger partial charge < -0.3 is 19.3 Å². The Bertz CT molecular complexity index is 754. The number of Topliss-reactive ketones (excluding diaryl/α,β-unsaturated/α-hetero) is 1. The summed E-state index contributed by atoms with van der Waals surface area (Å²) in [4.78, 5) is 13.3. The first-order chi connectivity index (χ1) is 11.3. The summed E-state index contributed by atoms with van der Waals surface area (Å²) in [6, 6.07) is 1.56. The van der Waals surface area contributed by atoms with Crippen LogP contribution in [0.1, 0.15) is 37.6 Å². The van der Waals surface area contributed by atoms with Crippen LogP contribution in [0.15, 0.2) is 17.2 Å². The number of hydrogen-bond acceptors (Lipinski definition) is 5. The van der Waals surface area contributed by atoms with Crippen LogP contribution in [0.3, 0.4) is 0 Å². The fourth-order valence-corrected chi connectivity index (χ4v) is 3.98. The first-order valence-corrected chi connectivity index (χ1v) is 8.19. The lowest BCUT2D eigenvalue weighted by Gasteiger charge is -2.42. The lowest BCUT2D eigenvalue weighted by atomic mass is 9.69. The molecule has 5 nitrogen and oxygen atoms in total. The van der Waals surface area contributed by atoms with E-state index in [4.69, 9.17) is 25.8 Å². The van der Waals surface area contributed by atoms with Crippen molar-refractivity contribution in [2.75, 3.05) is 14.2 Å². The van der Waals surface area contributed by atoms with Crippen LogP contribution in [0.25, 0.3) is 0 Å². The number of ketones is 1. The summed E-state index contributed by atoms with van der Waals surface area (Å²) in [5.41, 5.74) is 0.719. The number of aliphatic hydroxyl groups excluding tert-OH is 1. The average Bonchev–Trinajstić information content (AvgIpc) is 2.88. The Balaban J connectivity index is 2.23.